The van der Waals surface area contributed by atoms with Crippen molar-refractivity contribution >= 4 is 21.8 Å². The van der Waals surface area contributed by atoms with Gasteiger partial charge in [0.05, 0.1) is 23.6 Å². The Labute approximate surface area is 128 Å². The number of nitriles is 1. The quantitative estimate of drug-likeness (QED) is 0.814. The largest absolute Gasteiger partial charge is 0.416 e. The molecule has 1 amide bonds. The van der Waals surface area contributed by atoms with E-state index in [1.807, 2.05) is 6.07 Å². The lowest BCUT2D eigenvalue weighted by Gasteiger charge is -2.22. The monoisotopic (exact) mass is 360 g/mol. The number of alkyl halides is 3. The fraction of sp³-hybridized carbons (Fsp3) is 0.429. The molecule has 2 rings (SSSR count). The number of carbonyl (C=O) groups is 1. The Morgan fingerprint density at radius 3 is 2.62 bits per heavy atom. The lowest BCUT2D eigenvalue weighted by molar-refractivity contribution is -0.137. The zero-order chi connectivity index (χ0) is 15.6. The molecule has 1 fully saturated rings. The lowest BCUT2D eigenvalue weighted by Crippen LogP contribution is -2.34. The second-order valence-corrected chi connectivity index (χ2v) is 5.68. The van der Waals surface area contributed by atoms with E-state index in [0.29, 0.717) is 4.47 Å². The molecule has 0 atom stereocenters. The first-order valence-corrected chi connectivity index (χ1v) is 7.18. The molecule has 21 heavy (non-hydrogen) atoms. The number of carbonyl (C=O) groups excluding carboxylic acids is 1. The van der Waals surface area contributed by atoms with Crippen molar-refractivity contribution in [1.82, 2.24) is 4.90 Å². The number of amides is 1. The zero-order valence-corrected chi connectivity index (χ0v) is 12.5. The summed E-state index contributed by atoms with van der Waals surface area (Å²) in [5.74, 6) is -0.467. The van der Waals surface area contributed by atoms with Gasteiger partial charge in [-0.2, -0.15) is 18.4 Å². The van der Waals surface area contributed by atoms with Crippen LogP contribution in [0, 0.1) is 11.3 Å². The van der Waals surface area contributed by atoms with Crippen LogP contribution in [-0.4, -0.2) is 23.4 Å². The number of rotatable bonds is 4. The highest BCUT2D eigenvalue weighted by atomic mass is 79.9. The third-order valence-corrected chi connectivity index (χ3v) is 3.93. The molecule has 7 heteroatoms. The third kappa shape index (κ3) is 3.76. The number of hydrogen-bond donors (Lipinski definition) is 0. The van der Waals surface area contributed by atoms with Gasteiger partial charge >= 0.3 is 6.18 Å². The Morgan fingerprint density at radius 2 is 2.10 bits per heavy atom. The summed E-state index contributed by atoms with van der Waals surface area (Å²) < 4.78 is 38.6. The van der Waals surface area contributed by atoms with E-state index in [1.54, 1.807) is 0 Å². The molecule has 1 saturated carbocycles. The first-order valence-electron chi connectivity index (χ1n) is 6.39. The van der Waals surface area contributed by atoms with Crippen molar-refractivity contribution < 1.29 is 18.0 Å². The van der Waals surface area contributed by atoms with Gasteiger partial charge in [-0.25, -0.2) is 0 Å². The van der Waals surface area contributed by atoms with Crippen molar-refractivity contribution in [2.75, 3.05) is 6.54 Å². The molecule has 3 nitrogen and oxygen atoms in total. The van der Waals surface area contributed by atoms with Crippen LogP contribution in [0.4, 0.5) is 13.2 Å². The van der Waals surface area contributed by atoms with Gasteiger partial charge in [-0.15, -0.1) is 0 Å². The molecule has 1 aliphatic rings. The van der Waals surface area contributed by atoms with Gasteiger partial charge in [-0.3, -0.25) is 4.79 Å². The molecule has 0 radical (unpaired) electrons. The van der Waals surface area contributed by atoms with Crippen molar-refractivity contribution in [3.05, 3.63) is 33.8 Å². The number of halogens is 4. The minimum absolute atomic E-state index is 0.0188. The van der Waals surface area contributed by atoms with Crippen molar-refractivity contribution in [2.45, 2.75) is 31.5 Å². The highest BCUT2D eigenvalue weighted by molar-refractivity contribution is 9.10. The molecule has 1 aromatic carbocycles. The summed E-state index contributed by atoms with van der Waals surface area (Å²) in [6.45, 7) is 0.239. The van der Waals surface area contributed by atoms with Gasteiger partial charge in [-0.05, 0) is 47.0 Å². The molecule has 112 valence electrons. The number of hydrogen-bond acceptors (Lipinski definition) is 2. The molecular weight excluding hydrogens is 349 g/mol. The summed E-state index contributed by atoms with van der Waals surface area (Å²) in [6, 6.07) is 5.00. The van der Waals surface area contributed by atoms with Crippen LogP contribution in [0.1, 0.15) is 35.2 Å². The Hall–Kier alpha value is -1.55. The zero-order valence-electron chi connectivity index (χ0n) is 11.0. The molecule has 1 aromatic rings. The molecule has 0 spiro atoms. The number of benzene rings is 1. The van der Waals surface area contributed by atoms with Gasteiger partial charge in [0.2, 0.25) is 0 Å². The van der Waals surface area contributed by atoms with Crippen LogP contribution in [0.2, 0.25) is 0 Å². The molecule has 0 aliphatic heterocycles. The van der Waals surface area contributed by atoms with Gasteiger partial charge in [0, 0.05) is 17.1 Å². The Bertz CT molecular complexity index is 591. The van der Waals surface area contributed by atoms with Gasteiger partial charge in [-0.1, -0.05) is 0 Å². The van der Waals surface area contributed by atoms with Gasteiger partial charge in [0.15, 0.2) is 0 Å². The van der Waals surface area contributed by atoms with Gasteiger partial charge in [0.25, 0.3) is 5.91 Å². The molecule has 1 aliphatic carbocycles. The maximum Gasteiger partial charge on any atom is 0.416 e. The molecule has 0 N–H and O–H groups in total. The average Bonchev–Trinajstić information content (AvgIpc) is 3.22. The van der Waals surface area contributed by atoms with Crippen molar-refractivity contribution in [3.8, 4) is 6.07 Å². The van der Waals surface area contributed by atoms with Crippen LogP contribution < -0.4 is 0 Å². The molecule has 0 saturated heterocycles. The Morgan fingerprint density at radius 1 is 1.43 bits per heavy atom. The molecule has 0 heterocycles. The first-order chi connectivity index (χ1) is 9.84. The van der Waals surface area contributed by atoms with E-state index in [4.69, 9.17) is 5.26 Å². The van der Waals surface area contributed by atoms with E-state index in [-0.39, 0.29) is 24.6 Å². The summed E-state index contributed by atoms with van der Waals surface area (Å²) in [6.07, 6.45) is -2.67. The summed E-state index contributed by atoms with van der Waals surface area (Å²) in [5.41, 5.74) is -0.875. The summed E-state index contributed by atoms with van der Waals surface area (Å²) in [4.78, 5) is 13.9. The van der Waals surface area contributed by atoms with E-state index in [9.17, 15) is 18.0 Å². The second kappa shape index (κ2) is 6.06. The van der Waals surface area contributed by atoms with E-state index in [2.05, 4.69) is 15.9 Å². The molecular formula is C14H12BrF3N2O. The van der Waals surface area contributed by atoms with Crippen LogP contribution in [0.15, 0.2) is 22.7 Å². The topological polar surface area (TPSA) is 44.1 Å². The standard InChI is InChI=1S/C14H12BrF3N2O/c15-12-5-2-9(14(16,17)18)8-11(12)13(21)20(7-1-6-19)10-3-4-10/h2,5,8,10H,1,3-4,7H2. The molecule has 0 unspecified atom stereocenters. The van der Waals surface area contributed by atoms with Crippen molar-refractivity contribution in [3.63, 3.8) is 0 Å². The SMILES string of the molecule is N#CCCN(C(=O)c1cc(C(F)(F)F)ccc1Br)C1CC1. The minimum Gasteiger partial charge on any atom is -0.335 e. The van der Waals surface area contributed by atoms with Crippen molar-refractivity contribution in [1.29, 1.82) is 5.26 Å². The molecule has 0 aromatic heterocycles. The predicted molar refractivity (Wildman–Crippen MR) is 73.4 cm³/mol. The van der Waals surface area contributed by atoms with Crippen LogP contribution in [0.25, 0.3) is 0 Å². The second-order valence-electron chi connectivity index (χ2n) is 4.83. The van der Waals surface area contributed by atoms with Crippen LogP contribution in [-0.2, 0) is 6.18 Å². The lowest BCUT2D eigenvalue weighted by atomic mass is 10.1. The average molecular weight is 361 g/mol. The number of nitrogens with zero attached hydrogens (tertiary/aromatic N) is 2. The van der Waals surface area contributed by atoms with E-state index in [0.717, 1.165) is 25.0 Å². The van der Waals surface area contributed by atoms with Crippen LogP contribution >= 0.6 is 15.9 Å². The minimum atomic E-state index is -4.49. The summed E-state index contributed by atoms with van der Waals surface area (Å²) in [7, 11) is 0. The van der Waals surface area contributed by atoms with Crippen LogP contribution in [0.5, 0.6) is 0 Å². The highest BCUT2D eigenvalue weighted by Crippen LogP contribution is 2.34. The fourth-order valence-electron chi connectivity index (χ4n) is 2.03. The Balaban J connectivity index is 2.30. The third-order valence-electron chi connectivity index (χ3n) is 3.24. The smallest absolute Gasteiger partial charge is 0.335 e. The Kier molecular flexibility index (Phi) is 4.57. The maximum absolute atomic E-state index is 12.8. The van der Waals surface area contributed by atoms with E-state index >= 15 is 0 Å². The normalized spacial score (nSPS) is 14.6. The van der Waals surface area contributed by atoms with E-state index < -0.39 is 17.6 Å². The highest BCUT2D eigenvalue weighted by Gasteiger charge is 2.35. The van der Waals surface area contributed by atoms with Crippen molar-refractivity contribution in [2.24, 2.45) is 0 Å². The molecule has 0 bridgehead atoms. The first kappa shape index (κ1) is 15.8. The predicted octanol–water partition coefficient (Wildman–Crippen LogP) is 3.99. The fourth-order valence-corrected chi connectivity index (χ4v) is 2.44. The van der Waals surface area contributed by atoms with Crippen LogP contribution in [0.3, 0.4) is 0 Å². The van der Waals surface area contributed by atoms with E-state index in [1.165, 1.54) is 11.0 Å². The summed E-state index contributed by atoms with van der Waals surface area (Å²) >= 11 is 3.12. The maximum atomic E-state index is 12.8. The summed E-state index contributed by atoms with van der Waals surface area (Å²) in [5, 5.41) is 8.63. The van der Waals surface area contributed by atoms with Gasteiger partial charge in [0.1, 0.15) is 0 Å². The van der Waals surface area contributed by atoms with Gasteiger partial charge < -0.3 is 4.90 Å².